The highest BCUT2D eigenvalue weighted by atomic mass is 19.3. The summed E-state index contributed by atoms with van der Waals surface area (Å²) in [5, 5.41) is 9.05. The molecule has 1 aromatic rings. The molecule has 0 aliphatic carbocycles. The number of hydrogen-bond donors (Lipinski definition) is 1. The second-order valence-corrected chi connectivity index (χ2v) is 5.37. The largest absolute Gasteiger partial charge is 0.481 e. The van der Waals surface area contributed by atoms with Crippen LogP contribution in [0.5, 0.6) is 5.75 Å². The number of aliphatic carboxylic acids is 1. The van der Waals surface area contributed by atoms with Gasteiger partial charge >= 0.3 is 12.6 Å². The standard InChI is InChI=1S/C15H19F2NO3/c1-10-8-11(14(19)20)6-7-18(10)9-12-4-2-3-5-13(12)21-15(16)17/h2-5,10-11,15H,6-9H2,1H3,(H,19,20). The Bertz CT molecular complexity index is 496. The molecule has 4 nitrogen and oxygen atoms in total. The molecule has 1 heterocycles. The van der Waals surface area contributed by atoms with Crippen molar-refractivity contribution < 1.29 is 23.4 Å². The highest BCUT2D eigenvalue weighted by Gasteiger charge is 2.30. The van der Waals surface area contributed by atoms with Crippen molar-refractivity contribution in [3.63, 3.8) is 0 Å². The number of benzene rings is 1. The third kappa shape index (κ3) is 4.14. The van der Waals surface area contributed by atoms with Crippen LogP contribution in [0.15, 0.2) is 24.3 Å². The van der Waals surface area contributed by atoms with Crippen molar-refractivity contribution in [3.05, 3.63) is 29.8 Å². The zero-order valence-electron chi connectivity index (χ0n) is 11.8. The van der Waals surface area contributed by atoms with Gasteiger partial charge in [0, 0.05) is 18.2 Å². The van der Waals surface area contributed by atoms with Crippen molar-refractivity contribution >= 4 is 5.97 Å². The first-order valence-electron chi connectivity index (χ1n) is 6.97. The van der Waals surface area contributed by atoms with Crippen LogP contribution in [0.4, 0.5) is 8.78 Å². The number of halogens is 2. The van der Waals surface area contributed by atoms with Gasteiger partial charge < -0.3 is 9.84 Å². The number of rotatable bonds is 5. The molecule has 6 heteroatoms. The van der Waals surface area contributed by atoms with E-state index in [1.165, 1.54) is 6.07 Å². The van der Waals surface area contributed by atoms with Crippen LogP contribution >= 0.6 is 0 Å². The Morgan fingerprint density at radius 3 is 2.81 bits per heavy atom. The first-order valence-corrected chi connectivity index (χ1v) is 6.97. The van der Waals surface area contributed by atoms with Gasteiger partial charge in [0.25, 0.3) is 0 Å². The van der Waals surface area contributed by atoms with Crippen LogP contribution in [0.25, 0.3) is 0 Å². The number of ether oxygens (including phenoxy) is 1. The van der Waals surface area contributed by atoms with Gasteiger partial charge in [0.1, 0.15) is 5.75 Å². The van der Waals surface area contributed by atoms with Crippen LogP contribution in [-0.4, -0.2) is 35.2 Å². The van der Waals surface area contributed by atoms with Crippen molar-refractivity contribution in [2.24, 2.45) is 5.92 Å². The summed E-state index contributed by atoms with van der Waals surface area (Å²) in [5.74, 6) is -0.896. The van der Waals surface area contributed by atoms with E-state index in [1.807, 2.05) is 6.92 Å². The lowest BCUT2D eigenvalue weighted by Crippen LogP contribution is -2.42. The minimum absolute atomic E-state index is 0.0967. The minimum atomic E-state index is -2.85. The predicted octanol–water partition coefficient (Wildman–Crippen LogP) is 2.97. The third-order valence-corrected chi connectivity index (χ3v) is 3.93. The zero-order chi connectivity index (χ0) is 15.4. The molecule has 0 spiro atoms. The lowest BCUT2D eigenvalue weighted by molar-refractivity contribution is -0.144. The molecule has 0 aromatic heterocycles. The summed E-state index contributed by atoms with van der Waals surface area (Å²) in [6, 6.07) is 6.81. The Balaban J connectivity index is 2.04. The van der Waals surface area contributed by atoms with Gasteiger partial charge in [-0.05, 0) is 32.4 Å². The molecule has 116 valence electrons. The Morgan fingerprint density at radius 1 is 1.48 bits per heavy atom. The van der Waals surface area contributed by atoms with Crippen LogP contribution in [0.1, 0.15) is 25.3 Å². The highest BCUT2D eigenvalue weighted by Crippen LogP contribution is 2.28. The number of alkyl halides is 2. The van der Waals surface area contributed by atoms with Gasteiger partial charge in [0.2, 0.25) is 0 Å². The number of likely N-dealkylation sites (tertiary alicyclic amines) is 1. The Labute approximate surface area is 122 Å². The fourth-order valence-electron chi connectivity index (χ4n) is 2.74. The molecule has 1 fully saturated rings. The molecule has 0 radical (unpaired) electrons. The maximum Gasteiger partial charge on any atom is 0.387 e. The Kier molecular flexibility index (Phi) is 5.12. The average molecular weight is 299 g/mol. The average Bonchev–Trinajstić information content (AvgIpc) is 2.42. The molecule has 1 aliphatic heterocycles. The topological polar surface area (TPSA) is 49.8 Å². The molecular weight excluding hydrogens is 280 g/mol. The van der Waals surface area contributed by atoms with Crippen molar-refractivity contribution in [3.8, 4) is 5.75 Å². The molecule has 1 aromatic carbocycles. The molecule has 2 atom stereocenters. The quantitative estimate of drug-likeness (QED) is 0.908. The van der Waals surface area contributed by atoms with Gasteiger partial charge in [0.05, 0.1) is 5.92 Å². The van der Waals surface area contributed by atoms with E-state index >= 15 is 0 Å². The molecule has 1 N–H and O–H groups in total. The summed E-state index contributed by atoms with van der Waals surface area (Å²) in [4.78, 5) is 13.1. The number of nitrogens with zero attached hydrogens (tertiary/aromatic N) is 1. The van der Waals surface area contributed by atoms with E-state index < -0.39 is 12.6 Å². The second-order valence-electron chi connectivity index (χ2n) is 5.37. The van der Waals surface area contributed by atoms with Crippen LogP contribution in [0, 0.1) is 5.92 Å². The van der Waals surface area contributed by atoms with Gasteiger partial charge in [-0.15, -0.1) is 0 Å². The van der Waals surface area contributed by atoms with Crippen LogP contribution in [0.2, 0.25) is 0 Å². The van der Waals surface area contributed by atoms with E-state index in [9.17, 15) is 13.6 Å². The lowest BCUT2D eigenvalue weighted by Gasteiger charge is -2.36. The molecule has 0 saturated carbocycles. The third-order valence-electron chi connectivity index (χ3n) is 3.93. The van der Waals surface area contributed by atoms with Gasteiger partial charge in [-0.2, -0.15) is 8.78 Å². The monoisotopic (exact) mass is 299 g/mol. The maximum atomic E-state index is 12.4. The summed E-state index contributed by atoms with van der Waals surface area (Å²) in [6.07, 6.45) is 1.16. The summed E-state index contributed by atoms with van der Waals surface area (Å²) in [6.45, 7) is 0.241. The molecule has 0 amide bonds. The second kappa shape index (κ2) is 6.85. The number of piperidine rings is 1. The number of hydrogen-bond acceptors (Lipinski definition) is 3. The highest BCUT2D eigenvalue weighted by molar-refractivity contribution is 5.70. The summed E-state index contributed by atoms with van der Waals surface area (Å²) >= 11 is 0. The van der Waals surface area contributed by atoms with E-state index in [0.29, 0.717) is 31.5 Å². The van der Waals surface area contributed by atoms with Crippen LogP contribution in [-0.2, 0) is 11.3 Å². The summed E-state index contributed by atoms with van der Waals surface area (Å²) in [7, 11) is 0. The first kappa shape index (κ1) is 15.7. The van der Waals surface area contributed by atoms with E-state index in [2.05, 4.69) is 9.64 Å². The molecule has 1 saturated heterocycles. The molecule has 2 unspecified atom stereocenters. The maximum absolute atomic E-state index is 12.4. The van der Waals surface area contributed by atoms with E-state index in [0.717, 1.165) is 0 Å². The van der Waals surface area contributed by atoms with Crippen LogP contribution in [0.3, 0.4) is 0 Å². The molecule has 0 bridgehead atoms. The van der Waals surface area contributed by atoms with Gasteiger partial charge in [-0.3, -0.25) is 9.69 Å². The minimum Gasteiger partial charge on any atom is -0.481 e. The summed E-state index contributed by atoms with van der Waals surface area (Å²) in [5.41, 5.74) is 0.693. The first-order chi connectivity index (χ1) is 9.97. The molecule has 1 aliphatic rings. The number of carboxylic acid groups (broad SMARTS) is 1. The molecular formula is C15H19F2NO3. The van der Waals surface area contributed by atoms with Gasteiger partial charge in [-0.25, -0.2) is 0 Å². The van der Waals surface area contributed by atoms with Crippen molar-refractivity contribution in [1.29, 1.82) is 0 Å². The molecule has 2 rings (SSSR count). The number of carboxylic acids is 1. The van der Waals surface area contributed by atoms with Crippen molar-refractivity contribution in [1.82, 2.24) is 4.90 Å². The van der Waals surface area contributed by atoms with Gasteiger partial charge in [-0.1, -0.05) is 18.2 Å². The smallest absolute Gasteiger partial charge is 0.387 e. The fourth-order valence-corrected chi connectivity index (χ4v) is 2.74. The Morgan fingerprint density at radius 2 is 2.19 bits per heavy atom. The van der Waals surface area contributed by atoms with E-state index in [1.54, 1.807) is 18.2 Å². The van der Waals surface area contributed by atoms with Crippen molar-refractivity contribution in [2.45, 2.75) is 39.0 Å². The lowest BCUT2D eigenvalue weighted by atomic mass is 9.91. The molecule has 21 heavy (non-hydrogen) atoms. The Hall–Kier alpha value is -1.69. The fraction of sp³-hybridized carbons (Fsp3) is 0.533. The zero-order valence-corrected chi connectivity index (χ0v) is 11.8. The van der Waals surface area contributed by atoms with Gasteiger partial charge in [0.15, 0.2) is 0 Å². The number of carbonyl (C=O) groups is 1. The summed E-state index contributed by atoms with van der Waals surface area (Å²) < 4.78 is 29.3. The van der Waals surface area contributed by atoms with Crippen LogP contribution < -0.4 is 4.74 Å². The van der Waals surface area contributed by atoms with Crippen molar-refractivity contribution in [2.75, 3.05) is 6.54 Å². The predicted molar refractivity (Wildman–Crippen MR) is 73.3 cm³/mol. The van der Waals surface area contributed by atoms with E-state index in [-0.39, 0.29) is 17.7 Å². The van der Waals surface area contributed by atoms with E-state index in [4.69, 9.17) is 5.11 Å². The number of para-hydroxylation sites is 1. The normalized spacial score (nSPS) is 23.2. The SMILES string of the molecule is CC1CC(C(=O)O)CCN1Cc1ccccc1OC(F)F.